The zero-order valence-electron chi connectivity index (χ0n) is 21.4. The number of aromatic nitrogens is 1. The highest BCUT2D eigenvalue weighted by atomic mass is 16.5. The molecule has 2 aromatic carbocycles. The number of pyridine rings is 1. The molecule has 1 saturated heterocycles. The number of carbonyl (C=O) groups is 4. The molecule has 1 aliphatic rings. The number of hydrogen-bond acceptors (Lipinski definition) is 7. The van der Waals surface area contributed by atoms with Gasteiger partial charge in [0.25, 0.3) is 11.8 Å². The molecule has 2 heterocycles. The second-order valence-electron chi connectivity index (χ2n) is 8.86. The Bertz CT molecular complexity index is 1350. The second-order valence-corrected chi connectivity index (χ2v) is 8.86. The zero-order valence-corrected chi connectivity index (χ0v) is 21.4. The third-order valence-electron chi connectivity index (χ3n) is 6.54. The van der Waals surface area contributed by atoms with Crippen molar-refractivity contribution in [1.29, 1.82) is 0 Å². The van der Waals surface area contributed by atoms with E-state index in [2.05, 4.69) is 15.6 Å². The standard InChI is InChI=1S/C28H30N4O6/c1-37-23-10-9-18(16-24(23)38-2)11-13-30-28(36)26(34)22-8-5-15-32(22)25(33)17-31-27(35)20-12-14-29-21-7-4-3-6-19(20)21/h3-4,6-7,9-10,12,14,16,22H,5,8,11,13,15,17H2,1-2H3,(H,30,36)(H,31,35). The van der Waals surface area contributed by atoms with E-state index in [0.29, 0.717) is 53.8 Å². The van der Waals surface area contributed by atoms with Crippen LogP contribution in [-0.2, 0) is 20.8 Å². The van der Waals surface area contributed by atoms with Crippen molar-refractivity contribution >= 4 is 34.4 Å². The van der Waals surface area contributed by atoms with Crippen LogP contribution in [0.1, 0.15) is 28.8 Å². The molecule has 0 saturated carbocycles. The van der Waals surface area contributed by atoms with Crippen LogP contribution >= 0.6 is 0 Å². The van der Waals surface area contributed by atoms with Gasteiger partial charge in [0.15, 0.2) is 11.5 Å². The van der Waals surface area contributed by atoms with Crippen LogP contribution in [-0.4, -0.2) is 73.3 Å². The SMILES string of the molecule is COc1ccc(CCNC(=O)C(=O)C2CCCN2C(=O)CNC(=O)c2ccnc3ccccc23)cc1OC. The number of fused-ring (bicyclic) bond motifs is 1. The van der Waals surface area contributed by atoms with Gasteiger partial charge in [0.2, 0.25) is 11.7 Å². The summed E-state index contributed by atoms with van der Waals surface area (Å²) in [7, 11) is 3.10. The number of Topliss-reactive ketones (excluding diaryl/α,β-unsaturated/α-hetero) is 1. The van der Waals surface area contributed by atoms with Gasteiger partial charge in [0.1, 0.15) is 6.04 Å². The summed E-state index contributed by atoms with van der Waals surface area (Å²) in [5, 5.41) is 5.96. The van der Waals surface area contributed by atoms with Crippen molar-refractivity contribution in [3.8, 4) is 11.5 Å². The Morgan fingerprint density at radius 3 is 2.58 bits per heavy atom. The maximum Gasteiger partial charge on any atom is 0.289 e. The third-order valence-corrected chi connectivity index (χ3v) is 6.54. The van der Waals surface area contributed by atoms with E-state index < -0.39 is 29.5 Å². The number of methoxy groups -OCH3 is 2. The number of hydrogen-bond donors (Lipinski definition) is 2. The van der Waals surface area contributed by atoms with Gasteiger partial charge in [-0.3, -0.25) is 24.2 Å². The highest BCUT2D eigenvalue weighted by Gasteiger charge is 2.37. The molecule has 1 unspecified atom stereocenters. The minimum absolute atomic E-state index is 0.247. The van der Waals surface area contributed by atoms with Gasteiger partial charge < -0.3 is 25.0 Å². The fraction of sp³-hybridized carbons (Fsp3) is 0.321. The number of rotatable bonds is 10. The first-order chi connectivity index (χ1) is 18.4. The van der Waals surface area contributed by atoms with Gasteiger partial charge in [-0.15, -0.1) is 0 Å². The molecule has 4 rings (SSSR count). The van der Waals surface area contributed by atoms with Crippen molar-refractivity contribution in [3.63, 3.8) is 0 Å². The molecular formula is C28H30N4O6. The monoisotopic (exact) mass is 518 g/mol. The average Bonchev–Trinajstić information content (AvgIpc) is 3.45. The number of ether oxygens (including phenoxy) is 2. The van der Waals surface area contributed by atoms with E-state index in [1.54, 1.807) is 38.5 Å². The summed E-state index contributed by atoms with van der Waals surface area (Å²) < 4.78 is 10.5. The zero-order chi connectivity index (χ0) is 27.1. The van der Waals surface area contributed by atoms with E-state index in [1.807, 2.05) is 24.3 Å². The van der Waals surface area contributed by atoms with Gasteiger partial charge in [-0.05, 0) is 49.1 Å². The Morgan fingerprint density at radius 2 is 1.79 bits per heavy atom. The van der Waals surface area contributed by atoms with Crippen LogP contribution in [0.5, 0.6) is 11.5 Å². The van der Waals surface area contributed by atoms with Crippen molar-refractivity contribution < 1.29 is 28.7 Å². The summed E-state index contributed by atoms with van der Waals surface area (Å²) in [6.07, 6.45) is 3.03. The molecule has 198 valence electrons. The van der Waals surface area contributed by atoms with Gasteiger partial charge in [-0.2, -0.15) is 0 Å². The van der Waals surface area contributed by atoms with E-state index in [9.17, 15) is 19.2 Å². The maximum atomic E-state index is 12.9. The van der Waals surface area contributed by atoms with Gasteiger partial charge in [0, 0.05) is 24.7 Å². The minimum Gasteiger partial charge on any atom is -0.493 e. The number of likely N-dealkylation sites (tertiary alicyclic amines) is 1. The lowest BCUT2D eigenvalue weighted by molar-refractivity contribution is -0.143. The molecule has 0 aliphatic carbocycles. The first kappa shape index (κ1) is 26.6. The summed E-state index contributed by atoms with van der Waals surface area (Å²) in [6.45, 7) is 0.319. The maximum absolute atomic E-state index is 12.9. The highest BCUT2D eigenvalue weighted by molar-refractivity contribution is 6.38. The van der Waals surface area contributed by atoms with Crippen LogP contribution in [0.25, 0.3) is 10.9 Å². The lowest BCUT2D eigenvalue weighted by atomic mass is 10.1. The summed E-state index contributed by atoms with van der Waals surface area (Å²) >= 11 is 0. The number of carbonyl (C=O) groups excluding carboxylic acids is 4. The fourth-order valence-electron chi connectivity index (χ4n) is 4.58. The summed E-state index contributed by atoms with van der Waals surface area (Å²) in [5.74, 6) is -1.03. The first-order valence-corrected chi connectivity index (χ1v) is 12.4. The van der Waals surface area contributed by atoms with Crippen molar-refractivity contribution in [2.45, 2.75) is 25.3 Å². The number of nitrogens with zero attached hydrogens (tertiary/aromatic N) is 2. The van der Waals surface area contributed by atoms with Crippen molar-refractivity contribution in [2.24, 2.45) is 0 Å². The molecule has 1 atom stereocenters. The van der Waals surface area contributed by atoms with Crippen LogP contribution in [0.3, 0.4) is 0 Å². The molecule has 3 aromatic rings. The van der Waals surface area contributed by atoms with Crippen LogP contribution in [0, 0.1) is 0 Å². The van der Waals surface area contributed by atoms with E-state index in [1.165, 1.54) is 11.1 Å². The van der Waals surface area contributed by atoms with Gasteiger partial charge in [-0.25, -0.2) is 0 Å². The van der Waals surface area contributed by atoms with Crippen molar-refractivity contribution in [1.82, 2.24) is 20.5 Å². The van der Waals surface area contributed by atoms with Gasteiger partial charge >= 0.3 is 0 Å². The Labute approximate surface area is 220 Å². The normalized spacial score (nSPS) is 14.7. The molecule has 0 spiro atoms. The number of nitrogens with one attached hydrogen (secondary N) is 2. The second kappa shape index (κ2) is 12.2. The molecule has 1 fully saturated rings. The molecule has 1 aliphatic heterocycles. The quantitative estimate of drug-likeness (QED) is 0.393. The van der Waals surface area contributed by atoms with Gasteiger partial charge in [-0.1, -0.05) is 24.3 Å². The molecular weight excluding hydrogens is 488 g/mol. The fourth-order valence-corrected chi connectivity index (χ4v) is 4.58. The molecule has 10 heteroatoms. The lowest BCUT2D eigenvalue weighted by Gasteiger charge is -2.23. The van der Waals surface area contributed by atoms with E-state index in [-0.39, 0.29) is 13.1 Å². The Hall–Kier alpha value is -4.47. The van der Waals surface area contributed by atoms with Gasteiger partial charge in [0.05, 0.1) is 31.8 Å². The highest BCUT2D eigenvalue weighted by Crippen LogP contribution is 2.27. The molecule has 38 heavy (non-hydrogen) atoms. The Kier molecular flexibility index (Phi) is 8.52. The van der Waals surface area contributed by atoms with Crippen molar-refractivity contribution in [3.05, 3.63) is 65.9 Å². The topological polar surface area (TPSA) is 127 Å². The smallest absolute Gasteiger partial charge is 0.289 e. The largest absolute Gasteiger partial charge is 0.493 e. The molecule has 0 radical (unpaired) electrons. The minimum atomic E-state index is -0.845. The van der Waals surface area contributed by atoms with E-state index >= 15 is 0 Å². The van der Waals surface area contributed by atoms with Crippen LogP contribution in [0.15, 0.2) is 54.7 Å². The van der Waals surface area contributed by atoms with Crippen LogP contribution < -0.4 is 20.1 Å². The Morgan fingerprint density at radius 1 is 1.00 bits per heavy atom. The van der Waals surface area contributed by atoms with E-state index in [0.717, 1.165) is 5.56 Å². The number of benzene rings is 2. The predicted octanol–water partition coefficient (Wildman–Crippen LogP) is 1.90. The molecule has 1 aromatic heterocycles. The summed E-state index contributed by atoms with van der Waals surface area (Å²) in [6, 6.07) is 13.4. The number of para-hydroxylation sites is 1. The van der Waals surface area contributed by atoms with E-state index in [4.69, 9.17) is 9.47 Å². The average molecular weight is 519 g/mol. The number of ketones is 1. The molecule has 3 amide bonds. The first-order valence-electron chi connectivity index (χ1n) is 12.4. The summed E-state index contributed by atoms with van der Waals surface area (Å²) in [4.78, 5) is 56.7. The molecule has 2 N–H and O–H groups in total. The molecule has 0 bridgehead atoms. The van der Waals surface area contributed by atoms with Crippen molar-refractivity contribution in [2.75, 3.05) is 33.9 Å². The lowest BCUT2D eigenvalue weighted by Crippen LogP contribution is -2.49. The Balaban J connectivity index is 1.30. The van der Waals surface area contributed by atoms with Crippen LogP contribution in [0.2, 0.25) is 0 Å². The summed E-state index contributed by atoms with van der Waals surface area (Å²) in [5.41, 5.74) is 1.99. The number of amides is 3. The third kappa shape index (κ3) is 5.91. The van der Waals surface area contributed by atoms with Crippen LogP contribution in [0.4, 0.5) is 0 Å². The molecule has 10 nitrogen and oxygen atoms in total. The predicted molar refractivity (Wildman–Crippen MR) is 140 cm³/mol.